The molecule has 0 aromatic heterocycles. The third-order valence-corrected chi connectivity index (χ3v) is 0. The Morgan fingerprint density at radius 2 is 1.00 bits per heavy atom. The van der Waals surface area contributed by atoms with E-state index in [0.717, 1.165) is 0 Å². The van der Waals surface area contributed by atoms with Crippen LogP contribution in [0.5, 0.6) is 0 Å². The lowest BCUT2D eigenvalue weighted by Gasteiger charge is -1.82. The molecule has 0 spiro atoms. The van der Waals surface area contributed by atoms with Gasteiger partial charge in [-0.3, -0.25) is 9.41 Å². The van der Waals surface area contributed by atoms with E-state index in [0.29, 0.717) is 0 Å². The molecule has 0 aromatic rings. The summed E-state index contributed by atoms with van der Waals surface area (Å²) in [5.41, 5.74) is 0. The van der Waals surface area contributed by atoms with Crippen LogP contribution in [0.3, 0.4) is 0 Å². The molecule has 64 valence electrons. The van der Waals surface area contributed by atoms with Crippen molar-refractivity contribution in [1.82, 2.24) is 6.15 Å². The molecular formula is H10F2NO5P. The zero-order valence-electron chi connectivity index (χ0n) is 4.22. The third kappa shape index (κ3) is 22600. The molecule has 0 saturated carbocycles. The fourth-order valence-corrected chi connectivity index (χ4v) is 0. The van der Waals surface area contributed by atoms with Gasteiger partial charge in [0.1, 0.15) is 0 Å². The van der Waals surface area contributed by atoms with Crippen LogP contribution in [0.1, 0.15) is 0 Å². The molecule has 0 radical (unpaired) electrons. The molecule has 0 aliphatic heterocycles. The van der Waals surface area contributed by atoms with Crippen LogP contribution in [0.15, 0.2) is 0 Å². The number of halogens is 2. The second-order valence-corrected chi connectivity index (χ2v) is 1.54. The first-order chi connectivity index (χ1) is 2.00. The lowest BCUT2D eigenvalue weighted by Crippen LogP contribution is -1.66. The van der Waals surface area contributed by atoms with Gasteiger partial charge in [0, 0.05) is 0 Å². The molecule has 0 bridgehead atoms. The fourth-order valence-electron chi connectivity index (χ4n) is 0. The molecule has 0 fully saturated rings. The lowest BCUT2D eigenvalue weighted by molar-refractivity contribution is 0.275. The van der Waals surface area contributed by atoms with Gasteiger partial charge in [-0.15, -0.1) is 0 Å². The fraction of sp³-hybridized carbons (Fsp3) is 0. The highest BCUT2D eigenvalue weighted by atomic mass is 31.2. The highest BCUT2D eigenvalue weighted by molar-refractivity contribution is 7.45. The summed E-state index contributed by atoms with van der Waals surface area (Å²) in [4.78, 5) is 21.6. The maximum absolute atomic E-state index is 8.88. The molecular weight excluding hydrogens is 163 g/mol. The Hall–Kier alpha value is -0.110. The monoisotopic (exact) mass is 173 g/mol. The minimum atomic E-state index is -4.64. The van der Waals surface area contributed by atoms with E-state index >= 15 is 0 Å². The van der Waals surface area contributed by atoms with Gasteiger partial charge in [-0.1, -0.05) is 0 Å². The van der Waals surface area contributed by atoms with Crippen LogP contribution in [0, 0.1) is 0 Å². The zero-order valence-corrected chi connectivity index (χ0v) is 5.12. The largest absolute Gasteiger partial charge is 0.466 e. The smallest absolute Gasteiger partial charge is 0.412 e. The first-order valence-electron chi connectivity index (χ1n) is 0.783. The summed E-state index contributed by atoms with van der Waals surface area (Å²) in [6, 6.07) is 0. The molecule has 0 unspecified atom stereocenters. The highest BCUT2D eigenvalue weighted by Gasteiger charge is 2.00. The van der Waals surface area contributed by atoms with Crippen molar-refractivity contribution in [3.8, 4) is 0 Å². The molecule has 0 atom stereocenters. The minimum Gasteiger partial charge on any atom is -0.412 e. The topological polar surface area (TPSA) is 144 Å². The van der Waals surface area contributed by atoms with E-state index in [4.69, 9.17) is 19.2 Å². The van der Waals surface area contributed by atoms with E-state index < -0.39 is 7.82 Å². The van der Waals surface area contributed by atoms with Crippen molar-refractivity contribution in [3.05, 3.63) is 0 Å². The van der Waals surface area contributed by atoms with Crippen LogP contribution in [0.25, 0.3) is 0 Å². The van der Waals surface area contributed by atoms with Crippen LogP contribution >= 0.6 is 7.82 Å². The highest BCUT2D eigenvalue weighted by Crippen LogP contribution is 2.25. The second kappa shape index (κ2) is 10.8. The summed E-state index contributed by atoms with van der Waals surface area (Å²) < 4.78 is 8.88. The summed E-state index contributed by atoms with van der Waals surface area (Å²) in [7, 11) is -4.64. The number of rotatable bonds is 0. The molecule has 6 nitrogen and oxygen atoms in total. The first kappa shape index (κ1) is 36.6. The molecule has 0 amide bonds. The minimum absolute atomic E-state index is 0. The van der Waals surface area contributed by atoms with Gasteiger partial charge in [0.2, 0.25) is 0 Å². The maximum Gasteiger partial charge on any atom is 0.466 e. The summed E-state index contributed by atoms with van der Waals surface area (Å²) in [5, 5.41) is 0. The first-order valence-corrected chi connectivity index (χ1v) is 2.35. The van der Waals surface area contributed by atoms with Crippen LogP contribution in [0.2, 0.25) is 0 Å². The Balaban J connectivity index is -0.0000000133. The average molecular weight is 173 g/mol. The predicted octanol–water partition coefficient (Wildman–Crippen LogP) is -1.29. The van der Waals surface area contributed by atoms with Crippen LogP contribution in [0.4, 0.5) is 9.41 Å². The Labute approximate surface area is 49.4 Å². The van der Waals surface area contributed by atoms with Crippen molar-refractivity contribution in [2.24, 2.45) is 0 Å². The molecule has 0 aromatic carbocycles. The van der Waals surface area contributed by atoms with Gasteiger partial charge in [-0.05, 0) is 0 Å². The van der Waals surface area contributed by atoms with Gasteiger partial charge in [0.15, 0.2) is 0 Å². The summed E-state index contributed by atoms with van der Waals surface area (Å²) >= 11 is 0. The molecule has 9 heavy (non-hydrogen) atoms. The van der Waals surface area contributed by atoms with E-state index in [-0.39, 0.29) is 21.0 Å². The van der Waals surface area contributed by atoms with Crippen molar-refractivity contribution in [1.29, 1.82) is 0 Å². The van der Waals surface area contributed by atoms with Gasteiger partial charge in [0.25, 0.3) is 0 Å². The molecule has 0 saturated heterocycles. The van der Waals surface area contributed by atoms with Gasteiger partial charge < -0.3 is 26.3 Å². The quantitative estimate of drug-likeness (QED) is 0.337. The Morgan fingerprint density at radius 1 is 1.00 bits per heavy atom. The van der Waals surface area contributed by atoms with Crippen molar-refractivity contribution >= 4 is 7.82 Å². The molecule has 9 heteroatoms. The van der Waals surface area contributed by atoms with E-state index in [1.165, 1.54) is 0 Å². The van der Waals surface area contributed by atoms with Crippen molar-refractivity contribution in [3.63, 3.8) is 0 Å². The Kier molecular flexibility index (Phi) is 43.9. The van der Waals surface area contributed by atoms with Crippen LogP contribution < -0.4 is 6.15 Å². The Morgan fingerprint density at radius 3 is 1.00 bits per heavy atom. The molecule has 0 heterocycles. The summed E-state index contributed by atoms with van der Waals surface area (Å²) in [5.74, 6) is 0. The van der Waals surface area contributed by atoms with Crippen molar-refractivity contribution in [2.45, 2.75) is 0 Å². The standard InChI is InChI=1S/2FH.H3N.H3O4P.H2O/c;;;1-5(2,3)4;/h2*1H;1H3;(H3,1,2,3,4);1H2. The van der Waals surface area contributed by atoms with Gasteiger partial charge in [-0.25, -0.2) is 4.57 Å². The van der Waals surface area contributed by atoms with E-state index in [9.17, 15) is 0 Å². The Bertz CT molecular complexity index is 61.1. The molecule has 8 N–H and O–H groups in total. The van der Waals surface area contributed by atoms with Gasteiger partial charge >= 0.3 is 7.82 Å². The normalized spacial score (nSPS) is 6.56. The van der Waals surface area contributed by atoms with Crippen LogP contribution in [-0.4, -0.2) is 20.2 Å². The third-order valence-electron chi connectivity index (χ3n) is 0. The SMILES string of the molecule is F.F.N.O.O=P(O)(O)O. The summed E-state index contributed by atoms with van der Waals surface area (Å²) in [6.45, 7) is 0. The van der Waals surface area contributed by atoms with E-state index in [1.54, 1.807) is 0 Å². The number of hydrogen-bond acceptors (Lipinski definition) is 2. The molecule has 0 aliphatic rings. The average Bonchev–Trinajstić information content (AvgIpc) is 0.722. The lowest BCUT2D eigenvalue weighted by atomic mass is 14.0. The molecule has 0 aliphatic carbocycles. The van der Waals surface area contributed by atoms with Gasteiger partial charge in [-0.2, -0.15) is 0 Å². The number of hydrogen-bond donors (Lipinski definition) is 4. The molecule has 0 rings (SSSR count). The summed E-state index contributed by atoms with van der Waals surface area (Å²) in [6.07, 6.45) is 0. The van der Waals surface area contributed by atoms with E-state index in [2.05, 4.69) is 0 Å². The second-order valence-electron chi connectivity index (χ2n) is 0.513. The van der Waals surface area contributed by atoms with E-state index in [1.807, 2.05) is 0 Å². The predicted molar refractivity (Wildman–Crippen MR) is 27.9 cm³/mol. The van der Waals surface area contributed by atoms with Gasteiger partial charge in [0.05, 0.1) is 0 Å². The number of phosphoric acid groups is 1. The maximum atomic E-state index is 8.88. The van der Waals surface area contributed by atoms with Crippen molar-refractivity contribution in [2.75, 3.05) is 0 Å². The van der Waals surface area contributed by atoms with Crippen molar-refractivity contribution < 1.29 is 34.1 Å². The van der Waals surface area contributed by atoms with Crippen LogP contribution in [-0.2, 0) is 4.57 Å². The zero-order chi connectivity index (χ0) is 4.50.